The van der Waals surface area contributed by atoms with Crippen LogP contribution in [0.1, 0.15) is 23.7 Å². The summed E-state index contributed by atoms with van der Waals surface area (Å²) in [5, 5.41) is 9.66. The van der Waals surface area contributed by atoms with Gasteiger partial charge in [-0.3, -0.25) is 4.98 Å². The molecule has 60 valence electrons. The Balaban J connectivity index is 3.49. The number of aromatic nitrogens is 1. The highest BCUT2D eigenvalue weighted by Gasteiger charge is 2.16. The van der Waals surface area contributed by atoms with Crippen molar-refractivity contribution in [2.45, 2.75) is 19.4 Å². The zero-order chi connectivity index (χ0) is 11.1. The normalized spacial score (nSPS) is 15.5. The highest BCUT2D eigenvalue weighted by Crippen LogP contribution is 2.19. The van der Waals surface area contributed by atoms with Gasteiger partial charge in [-0.05, 0) is 25.9 Å². The lowest BCUT2D eigenvalue weighted by Crippen LogP contribution is -2.17. The topological polar surface area (TPSA) is 33.1 Å². The molecule has 1 aromatic rings. The van der Waals surface area contributed by atoms with Gasteiger partial charge in [-0.25, -0.2) is 0 Å². The van der Waals surface area contributed by atoms with Crippen LogP contribution in [0.5, 0.6) is 0 Å². The van der Waals surface area contributed by atoms with Crippen molar-refractivity contribution in [3.63, 3.8) is 0 Å². The third-order valence-electron chi connectivity index (χ3n) is 1.14. The molecule has 0 aromatic carbocycles. The van der Waals surface area contributed by atoms with E-state index in [2.05, 4.69) is 20.9 Å². The SMILES string of the molecule is [2H]c1nc(C(C)(C)O)c([2H])c(Br)c1[2H]. The predicted molar refractivity (Wildman–Crippen MR) is 47.2 cm³/mol. The van der Waals surface area contributed by atoms with Crippen molar-refractivity contribution in [3.8, 4) is 0 Å². The molecule has 0 atom stereocenters. The molecule has 0 unspecified atom stereocenters. The maximum atomic E-state index is 9.66. The van der Waals surface area contributed by atoms with Crippen LogP contribution in [0.25, 0.3) is 0 Å². The lowest BCUT2D eigenvalue weighted by Gasteiger charge is -2.15. The molecule has 0 aliphatic rings. The van der Waals surface area contributed by atoms with E-state index in [4.69, 9.17) is 4.11 Å². The van der Waals surface area contributed by atoms with E-state index in [1.54, 1.807) is 0 Å². The molecule has 0 radical (unpaired) electrons. The number of halogens is 1. The summed E-state index contributed by atoms with van der Waals surface area (Å²) in [5.74, 6) is 0. The van der Waals surface area contributed by atoms with Gasteiger partial charge in [-0.2, -0.15) is 0 Å². The first-order valence-corrected chi connectivity index (χ1v) is 3.90. The highest BCUT2D eigenvalue weighted by atomic mass is 79.9. The zero-order valence-corrected chi connectivity index (χ0v) is 7.86. The molecule has 0 aliphatic carbocycles. The molecule has 2 nitrogen and oxygen atoms in total. The fourth-order valence-corrected chi connectivity index (χ4v) is 0.862. The molecule has 1 aromatic heterocycles. The van der Waals surface area contributed by atoms with Gasteiger partial charge < -0.3 is 5.11 Å². The lowest BCUT2D eigenvalue weighted by atomic mass is 10.1. The third-order valence-corrected chi connectivity index (χ3v) is 1.54. The van der Waals surface area contributed by atoms with Crippen LogP contribution in [-0.2, 0) is 5.60 Å². The van der Waals surface area contributed by atoms with Crippen molar-refractivity contribution in [2.75, 3.05) is 0 Å². The minimum Gasteiger partial charge on any atom is -0.384 e. The largest absolute Gasteiger partial charge is 0.384 e. The number of nitrogens with zero attached hydrogens (tertiary/aromatic N) is 1. The Bertz CT molecular complexity index is 376. The minimum absolute atomic E-state index is 0.0431. The summed E-state index contributed by atoms with van der Waals surface area (Å²) in [6.07, 6.45) is -0.245. The van der Waals surface area contributed by atoms with E-state index in [9.17, 15) is 5.11 Å². The van der Waals surface area contributed by atoms with Crippen molar-refractivity contribution in [1.82, 2.24) is 4.98 Å². The Morgan fingerprint density at radius 2 is 2.36 bits per heavy atom. The van der Waals surface area contributed by atoms with E-state index in [1.807, 2.05) is 0 Å². The summed E-state index contributed by atoms with van der Waals surface area (Å²) in [5.41, 5.74) is -1.17. The van der Waals surface area contributed by atoms with Gasteiger partial charge >= 0.3 is 0 Å². The zero-order valence-electron chi connectivity index (χ0n) is 9.27. The first-order chi connectivity index (χ1) is 6.25. The van der Waals surface area contributed by atoms with Gasteiger partial charge in [0.1, 0.15) is 5.60 Å². The number of pyridine rings is 1. The van der Waals surface area contributed by atoms with Crippen LogP contribution in [0.4, 0.5) is 0 Å². The standard InChI is InChI=1S/C8H10BrNO/c1-8(2,11)7-5-6(9)3-4-10-7/h3-5,11H,1-2H3/i3D,4D,5D. The van der Waals surface area contributed by atoms with Crippen LogP contribution in [0.2, 0.25) is 0 Å². The molecule has 1 rings (SSSR count). The van der Waals surface area contributed by atoms with Crippen LogP contribution in [0.3, 0.4) is 0 Å². The molecule has 0 amide bonds. The molecular weight excluding hydrogens is 206 g/mol. The van der Waals surface area contributed by atoms with E-state index in [-0.39, 0.29) is 28.4 Å². The van der Waals surface area contributed by atoms with E-state index >= 15 is 0 Å². The molecule has 3 heteroatoms. The Kier molecular flexibility index (Phi) is 1.40. The Morgan fingerprint density at radius 3 is 2.91 bits per heavy atom. The van der Waals surface area contributed by atoms with Crippen molar-refractivity contribution in [2.24, 2.45) is 0 Å². The molecule has 0 saturated heterocycles. The monoisotopic (exact) mass is 218 g/mol. The average Bonchev–Trinajstić information content (AvgIpc) is 2.06. The smallest absolute Gasteiger partial charge is 0.101 e. The van der Waals surface area contributed by atoms with E-state index < -0.39 is 5.60 Å². The molecule has 1 N–H and O–H groups in total. The van der Waals surface area contributed by atoms with Crippen molar-refractivity contribution < 1.29 is 9.22 Å². The molecule has 0 aliphatic heterocycles. The van der Waals surface area contributed by atoms with Crippen molar-refractivity contribution >= 4 is 15.9 Å². The van der Waals surface area contributed by atoms with Gasteiger partial charge in [0, 0.05) is 10.6 Å². The maximum absolute atomic E-state index is 9.66. The van der Waals surface area contributed by atoms with Crippen molar-refractivity contribution in [3.05, 3.63) is 28.4 Å². The Hall–Kier alpha value is -0.410. The lowest BCUT2D eigenvalue weighted by molar-refractivity contribution is 0.0738. The first-order valence-electron chi connectivity index (χ1n) is 4.61. The van der Waals surface area contributed by atoms with Gasteiger partial charge in [0.25, 0.3) is 0 Å². The quantitative estimate of drug-likeness (QED) is 0.784. The van der Waals surface area contributed by atoms with E-state index in [1.165, 1.54) is 13.8 Å². The molecule has 0 fully saturated rings. The predicted octanol–water partition coefficient (Wildman–Crippen LogP) is 2.07. The minimum atomic E-state index is -1.27. The molecule has 0 spiro atoms. The fraction of sp³-hybridized carbons (Fsp3) is 0.375. The second kappa shape index (κ2) is 2.91. The van der Waals surface area contributed by atoms with Crippen LogP contribution in [-0.4, -0.2) is 10.1 Å². The second-order valence-electron chi connectivity index (χ2n) is 2.70. The van der Waals surface area contributed by atoms with Gasteiger partial charge in [0.05, 0.1) is 9.81 Å². The summed E-state index contributed by atoms with van der Waals surface area (Å²) >= 11 is 3.03. The summed E-state index contributed by atoms with van der Waals surface area (Å²) in [4.78, 5) is 3.72. The van der Waals surface area contributed by atoms with Crippen molar-refractivity contribution in [1.29, 1.82) is 0 Å². The van der Waals surface area contributed by atoms with E-state index in [0.717, 1.165) is 0 Å². The summed E-state index contributed by atoms with van der Waals surface area (Å²) in [6, 6.07) is -0.179. The second-order valence-corrected chi connectivity index (χ2v) is 3.49. The molecular formula is C8H10BrNO. The van der Waals surface area contributed by atoms with Gasteiger partial charge in [-0.1, -0.05) is 15.9 Å². The molecule has 0 bridgehead atoms. The molecule has 11 heavy (non-hydrogen) atoms. The average molecular weight is 219 g/mol. The molecule has 1 heterocycles. The van der Waals surface area contributed by atoms with Gasteiger partial charge in [0.15, 0.2) is 0 Å². The summed E-state index contributed by atoms with van der Waals surface area (Å²) in [7, 11) is 0. The van der Waals surface area contributed by atoms with Gasteiger partial charge in [0.2, 0.25) is 0 Å². The summed E-state index contributed by atoms with van der Waals surface area (Å²) in [6.45, 7) is 2.98. The van der Waals surface area contributed by atoms with Gasteiger partial charge in [-0.15, -0.1) is 0 Å². The third kappa shape index (κ3) is 2.27. The van der Waals surface area contributed by atoms with Crippen LogP contribution in [0.15, 0.2) is 22.7 Å². The number of rotatable bonds is 1. The first kappa shape index (κ1) is 5.27. The van der Waals surface area contributed by atoms with Crippen LogP contribution < -0.4 is 0 Å². The fourth-order valence-electron chi connectivity index (χ4n) is 0.586. The van der Waals surface area contributed by atoms with Crippen LogP contribution >= 0.6 is 15.9 Å². The Labute approximate surface area is 78.6 Å². The number of hydrogen-bond donors (Lipinski definition) is 1. The van der Waals surface area contributed by atoms with Crippen LogP contribution in [0, 0.1) is 0 Å². The number of hydrogen-bond acceptors (Lipinski definition) is 2. The molecule has 0 saturated carbocycles. The van der Waals surface area contributed by atoms with E-state index in [0.29, 0.717) is 0 Å². The number of aliphatic hydroxyl groups is 1. The summed E-state index contributed by atoms with van der Waals surface area (Å²) < 4.78 is 22.5. The Morgan fingerprint density at radius 1 is 1.73 bits per heavy atom. The maximum Gasteiger partial charge on any atom is 0.101 e. The highest BCUT2D eigenvalue weighted by molar-refractivity contribution is 9.10.